The Kier molecular flexibility index (Phi) is 5.13. The second-order valence-corrected chi connectivity index (χ2v) is 5.63. The maximum Gasteiger partial charge on any atom is 0.338 e. The molecular formula is C9H20N2O4S. The highest BCUT2D eigenvalue weighted by Crippen LogP contribution is 2.10. The van der Waals surface area contributed by atoms with Gasteiger partial charge in [-0.05, 0) is 13.8 Å². The lowest BCUT2D eigenvalue weighted by Gasteiger charge is -2.33. The van der Waals surface area contributed by atoms with E-state index in [9.17, 15) is 8.42 Å². The number of nitrogens with zero attached hydrogens (tertiary/aromatic N) is 2. The molecule has 0 atom stereocenters. The third-order valence-corrected chi connectivity index (χ3v) is 4.00. The summed E-state index contributed by atoms with van der Waals surface area (Å²) >= 11 is 0. The molecule has 0 spiro atoms. The highest BCUT2D eigenvalue weighted by Gasteiger charge is 2.28. The molecule has 0 aromatic carbocycles. The van der Waals surface area contributed by atoms with E-state index in [0.717, 1.165) is 0 Å². The van der Waals surface area contributed by atoms with Gasteiger partial charge in [-0.15, -0.1) is 0 Å². The average molecular weight is 252 g/mol. The summed E-state index contributed by atoms with van der Waals surface area (Å²) in [6, 6.07) is 0. The van der Waals surface area contributed by atoms with Crippen LogP contribution >= 0.6 is 0 Å². The van der Waals surface area contributed by atoms with Gasteiger partial charge in [-0.1, -0.05) is 0 Å². The molecule has 7 heteroatoms. The fourth-order valence-corrected chi connectivity index (χ4v) is 2.84. The Morgan fingerprint density at radius 3 is 2.25 bits per heavy atom. The minimum Gasteiger partial charge on any atom is -0.395 e. The van der Waals surface area contributed by atoms with Crippen LogP contribution in [0.1, 0.15) is 13.8 Å². The van der Waals surface area contributed by atoms with Crippen molar-refractivity contribution in [3.05, 3.63) is 0 Å². The quantitative estimate of drug-likeness (QED) is 0.698. The largest absolute Gasteiger partial charge is 0.395 e. The molecule has 0 saturated carbocycles. The Morgan fingerprint density at radius 1 is 1.25 bits per heavy atom. The van der Waals surface area contributed by atoms with Crippen molar-refractivity contribution in [2.75, 3.05) is 39.3 Å². The lowest BCUT2D eigenvalue weighted by Crippen LogP contribution is -2.49. The van der Waals surface area contributed by atoms with Crippen molar-refractivity contribution < 1.29 is 17.7 Å². The molecule has 0 amide bonds. The molecule has 1 aliphatic heterocycles. The van der Waals surface area contributed by atoms with Crippen molar-refractivity contribution in [2.24, 2.45) is 0 Å². The molecule has 1 heterocycles. The Balaban J connectivity index is 2.47. The Morgan fingerprint density at radius 2 is 1.81 bits per heavy atom. The van der Waals surface area contributed by atoms with Crippen LogP contribution in [0.15, 0.2) is 0 Å². The highest BCUT2D eigenvalue weighted by molar-refractivity contribution is 7.84. The van der Waals surface area contributed by atoms with E-state index in [0.29, 0.717) is 32.7 Å². The zero-order valence-corrected chi connectivity index (χ0v) is 10.6. The number of hydrogen-bond acceptors (Lipinski definition) is 5. The zero-order valence-electron chi connectivity index (χ0n) is 9.79. The van der Waals surface area contributed by atoms with Gasteiger partial charge in [0, 0.05) is 32.7 Å². The maximum atomic E-state index is 11.7. The number of β-amino-alcohol motifs (C(OH)–C–C–N with tert-alkyl or cyclic N) is 1. The van der Waals surface area contributed by atoms with Crippen LogP contribution in [0.2, 0.25) is 0 Å². The van der Waals surface area contributed by atoms with Gasteiger partial charge in [-0.25, -0.2) is 0 Å². The van der Waals surface area contributed by atoms with Crippen LogP contribution in [0.4, 0.5) is 0 Å². The van der Waals surface area contributed by atoms with E-state index in [1.165, 1.54) is 4.31 Å². The van der Waals surface area contributed by atoms with E-state index in [2.05, 4.69) is 0 Å². The summed E-state index contributed by atoms with van der Waals surface area (Å²) in [5.41, 5.74) is 0. The third kappa shape index (κ3) is 3.99. The van der Waals surface area contributed by atoms with Gasteiger partial charge in [0.1, 0.15) is 0 Å². The highest BCUT2D eigenvalue weighted by atomic mass is 32.2. The van der Waals surface area contributed by atoms with Gasteiger partial charge in [-0.3, -0.25) is 9.08 Å². The molecule has 0 unspecified atom stereocenters. The maximum absolute atomic E-state index is 11.7. The number of aliphatic hydroxyl groups excluding tert-OH is 1. The number of aliphatic hydroxyl groups is 1. The minimum absolute atomic E-state index is 0.106. The molecule has 0 aromatic heterocycles. The fourth-order valence-electron chi connectivity index (χ4n) is 1.62. The van der Waals surface area contributed by atoms with E-state index in [4.69, 9.17) is 9.29 Å². The van der Waals surface area contributed by atoms with Gasteiger partial charge in [0.05, 0.1) is 12.7 Å². The summed E-state index contributed by atoms with van der Waals surface area (Å²) < 4.78 is 29.6. The van der Waals surface area contributed by atoms with Crippen LogP contribution < -0.4 is 0 Å². The van der Waals surface area contributed by atoms with Crippen molar-refractivity contribution >= 4 is 10.3 Å². The van der Waals surface area contributed by atoms with E-state index in [1.54, 1.807) is 13.8 Å². The molecule has 1 N–H and O–H groups in total. The van der Waals surface area contributed by atoms with Crippen molar-refractivity contribution in [3.8, 4) is 0 Å². The average Bonchev–Trinajstić information content (AvgIpc) is 2.17. The van der Waals surface area contributed by atoms with Gasteiger partial charge in [0.25, 0.3) is 0 Å². The van der Waals surface area contributed by atoms with Crippen molar-refractivity contribution in [2.45, 2.75) is 20.0 Å². The number of rotatable bonds is 5. The van der Waals surface area contributed by atoms with Crippen LogP contribution in [-0.4, -0.2) is 68.2 Å². The summed E-state index contributed by atoms with van der Waals surface area (Å²) in [6.07, 6.45) is -0.333. The van der Waals surface area contributed by atoms with Gasteiger partial charge >= 0.3 is 10.3 Å². The number of hydrogen-bond donors (Lipinski definition) is 1. The molecule has 1 rings (SSSR count). The second kappa shape index (κ2) is 5.92. The summed E-state index contributed by atoms with van der Waals surface area (Å²) in [7, 11) is -3.58. The van der Waals surface area contributed by atoms with Gasteiger partial charge in [-0.2, -0.15) is 12.7 Å². The van der Waals surface area contributed by atoms with Gasteiger partial charge < -0.3 is 5.11 Å². The van der Waals surface area contributed by atoms with Crippen molar-refractivity contribution in [1.29, 1.82) is 0 Å². The molecule has 96 valence electrons. The summed E-state index contributed by atoms with van der Waals surface area (Å²) in [5.74, 6) is 0. The SMILES string of the molecule is CC(C)OS(=O)(=O)N1CCN(CCO)CC1. The first-order chi connectivity index (χ1) is 7.45. The zero-order chi connectivity index (χ0) is 12.2. The summed E-state index contributed by atoms with van der Waals surface area (Å²) in [5, 5.41) is 8.77. The van der Waals surface area contributed by atoms with Crippen LogP contribution in [0.3, 0.4) is 0 Å². The molecule has 6 nitrogen and oxygen atoms in total. The fraction of sp³-hybridized carbons (Fsp3) is 1.00. The molecular weight excluding hydrogens is 232 g/mol. The summed E-state index contributed by atoms with van der Waals surface area (Å²) in [6.45, 7) is 6.22. The Bertz CT molecular complexity index is 297. The molecule has 0 bridgehead atoms. The molecule has 0 aliphatic carbocycles. The van der Waals surface area contributed by atoms with Crippen molar-refractivity contribution in [1.82, 2.24) is 9.21 Å². The Hall–Kier alpha value is -0.210. The molecule has 1 fully saturated rings. The molecule has 1 aliphatic rings. The molecule has 0 aromatic rings. The number of piperazine rings is 1. The molecule has 0 radical (unpaired) electrons. The summed E-state index contributed by atoms with van der Waals surface area (Å²) in [4.78, 5) is 2.03. The van der Waals surface area contributed by atoms with Gasteiger partial charge in [0.15, 0.2) is 0 Å². The minimum atomic E-state index is -3.58. The predicted molar refractivity (Wildman–Crippen MR) is 60.2 cm³/mol. The van der Waals surface area contributed by atoms with Crippen LogP contribution in [-0.2, 0) is 14.5 Å². The lowest BCUT2D eigenvalue weighted by atomic mass is 10.4. The predicted octanol–water partition coefficient (Wildman–Crippen LogP) is -0.734. The normalized spacial score (nSPS) is 20.5. The first kappa shape index (κ1) is 13.9. The second-order valence-electron chi connectivity index (χ2n) is 4.07. The third-order valence-electron chi connectivity index (χ3n) is 2.38. The van der Waals surface area contributed by atoms with E-state index in [-0.39, 0.29) is 12.7 Å². The first-order valence-corrected chi connectivity index (χ1v) is 6.84. The van der Waals surface area contributed by atoms with Crippen LogP contribution in [0.25, 0.3) is 0 Å². The Labute approximate surface area is 97.1 Å². The van der Waals surface area contributed by atoms with Crippen LogP contribution in [0.5, 0.6) is 0 Å². The molecule has 1 saturated heterocycles. The standard InChI is InChI=1S/C9H20N2O4S/c1-9(2)15-16(13,14)11-5-3-10(4-6-11)7-8-12/h9,12H,3-8H2,1-2H3. The first-order valence-electron chi connectivity index (χ1n) is 5.47. The smallest absolute Gasteiger partial charge is 0.338 e. The topological polar surface area (TPSA) is 70.1 Å². The molecule has 16 heavy (non-hydrogen) atoms. The monoisotopic (exact) mass is 252 g/mol. The van der Waals surface area contributed by atoms with Gasteiger partial charge in [0.2, 0.25) is 0 Å². The van der Waals surface area contributed by atoms with Crippen LogP contribution in [0, 0.1) is 0 Å². The van der Waals surface area contributed by atoms with Crippen molar-refractivity contribution in [3.63, 3.8) is 0 Å². The van der Waals surface area contributed by atoms with E-state index < -0.39 is 10.3 Å². The van der Waals surface area contributed by atoms with E-state index in [1.807, 2.05) is 4.90 Å². The van der Waals surface area contributed by atoms with E-state index >= 15 is 0 Å². The lowest BCUT2D eigenvalue weighted by molar-refractivity contribution is 0.136.